The predicted octanol–water partition coefficient (Wildman–Crippen LogP) is 7.63. The Morgan fingerprint density at radius 3 is 2.35 bits per heavy atom. The van der Waals surface area contributed by atoms with Crippen molar-refractivity contribution in [2.45, 2.75) is 85.5 Å². The molecule has 4 rings (SSSR count). The summed E-state index contributed by atoms with van der Waals surface area (Å²) in [6.07, 6.45) is 5.42. The van der Waals surface area contributed by atoms with E-state index in [0.29, 0.717) is 19.3 Å². The zero-order chi connectivity index (χ0) is 28.8. The normalized spacial score (nSPS) is 16.4. The fourth-order valence-electron chi connectivity index (χ4n) is 6.89. The molecule has 4 heteroatoms. The van der Waals surface area contributed by atoms with Crippen LogP contribution in [0, 0.1) is 24.7 Å². The standard InChI is InChI=1S/C36H42O4/c1-5-10-28(32(6-2)34(39)17-23(3)37)18-25-19-30-16-15-27(24(4)36(30)35(40)20-25)21-31(38)22-29-13-9-12-26-11-7-8-14-33(26)29/h7-9,11-16,25,28,32H,5-6,10,17-22H2,1-4H3. The smallest absolute Gasteiger partial charge is 0.163 e. The quantitative estimate of drug-likeness (QED) is 0.210. The fourth-order valence-corrected chi connectivity index (χ4v) is 6.89. The molecule has 0 aromatic heterocycles. The number of benzene rings is 3. The Labute approximate surface area is 238 Å². The lowest BCUT2D eigenvalue weighted by atomic mass is 9.72. The molecule has 0 aliphatic heterocycles. The van der Waals surface area contributed by atoms with Crippen molar-refractivity contribution in [1.29, 1.82) is 0 Å². The number of hydrogen-bond donors (Lipinski definition) is 0. The van der Waals surface area contributed by atoms with Crippen LogP contribution in [0.15, 0.2) is 54.6 Å². The van der Waals surface area contributed by atoms with Crippen molar-refractivity contribution in [2.75, 3.05) is 0 Å². The van der Waals surface area contributed by atoms with Crippen LogP contribution in [0.4, 0.5) is 0 Å². The topological polar surface area (TPSA) is 68.3 Å². The number of carbonyl (C=O) groups excluding carboxylic acids is 4. The van der Waals surface area contributed by atoms with Crippen molar-refractivity contribution in [3.8, 4) is 0 Å². The molecule has 0 radical (unpaired) electrons. The molecule has 0 fully saturated rings. The van der Waals surface area contributed by atoms with Gasteiger partial charge in [-0.1, -0.05) is 81.3 Å². The van der Waals surface area contributed by atoms with Gasteiger partial charge in [0.1, 0.15) is 17.3 Å². The summed E-state index contributed by atoms with van der Waals surface area (Å²) < 4.78 is 0. The monoisotopic (exact) mass is 538 g/mol. The molecule has 210 valence electrons. The zero-order valence-corrected chi connectivity index (χ0v) is 24.4. The predicted molar refractivity (Wildman–Crippen MR) is 161 cm³/mol. The van der Waals surface area contributed by atoms with E-state index in [1.54, 1.807) is 0 Å². The Hall–Kier alpha value is -3.40. The zero-order valence-electron chi connectivity index (χ0n) is 24.4. The third-order valence-corrected chi connectivity index (χ3v) is 8.72. The Morgan fingerprint density at radius 1 is 0.900 bits per heavy atom. The fraction of sp³-hybridized carbons (Fsp3) is 0.444. The average molecular weight is 539 g/mol. The second-order valence-electron chi connectivity index (χ2n) is 11.8. The second kappa shape index (κ2) is 13.3. The molecule has 40 heavy (non-hydrogen) atoms. The van der Waals surface area contributed by atoms with Gasteiger partial charge in [0.05, 0.1) is 6.42 Å². The lowest BCUT2D eigenvalue weighted by Gasteiger charge is -2.32. The van der Waals surface area contributed by atoms with Crippen LogP contribution >= 0.6 is 0 Å². The summed E-state index contributed by atoms with van der Waals surface area (Å²) in [5.41, 5.74) is 4.74. The maximum absolute atomic E-state index is 13.5. The summed E-state index contributed by atoms with van der Waals surface area (Å²) >= 11 is 0. The van der Waals surface area contributed by atoms with Gasteiger partial charge in [-0.05, 0) is 78.0 Å². The molecule has 0 saturated heterocycles. The molecule has 3 unspecified atom stereocenters. The van der Waals surface area contributed by atoms with E-state index in [2.05, 4.69) is 25.1 Å². The van der Waals surface area contributed by atoms with Gasteiger partial charge in [0.25, 0.3) is 0 Å². The Balaban J connectivity index is 1.47. The molecular weight excluding hydrogens is 496 g/mol. The Kier molecular flexibility index (Phi) is 9.84. The second-order valence-corrected chi connectivity index (χ2v) is 11.8. The van der Waals surface area contributed by atoms with E-state index in [1.807, 2.05) is 50.2 Å². The summed E-state index contributed by atoms with van der Waals surface area (Å²) in [7, 11) is 0. The Morgan fingerprint density at radius 2 is 1.62 bits per heavy atom. The van der Waals surface area contributed by atoms with E-state index in [4.69, 9.17) is 0 Å². The lowest BCUT2D eigenvalue weighted by molar-refractivity contribution is -0.130. The maximum Gasteiger partial charge on any atom is 0.163 e. The van der Waals surface area contributed by atoms with Crippen molar-refractivity contribution in [3.63, 3.8) is 0 Å². The molecule has 0 saturated carbocycles. The van der Waals surface area contributed by atoms with E-state index < -0.39 is 0 Å². The summed E-state index contributed by atoms with van der Waals surface area (Å²) in [5.74, 6) is 0.501. The maximum atomic E-state index is 13.5. The highest BCUT2D eigenvalue weighted by Crippen LogP contribution is 2.37. The molecule has 0 heterocycles. The van der Waals surface area contributed by atoms with Crippen LogP contribution in [0.25, 0.3) is 10.8 Å². The summed E-state index contributed by atoms with van der Waals surface area (Å²) in [4.78, 5) is 51.0. The number of fused-ring (bicyclic) bond motifs is 2. The molecule has 3 aromatic carbocycles. The summed E-state index contributed by atoms with van der Waals surface area (Å²) in [6, 6.07) is 18.3. The van der Waals surface area contributed by atoms with Crippen LogP contribution in [0.3, 0.4) is 0 Å². The molecule has 3 aromatic rings. The van der Waals surface area contributed by atoms with Crippen LogP contribution in [-0.2, 0) is 33.6 Å². The van der Waals surface area contributed by atoms with E-state index in [-0.39, 0.29) is 47.3 Å². The molecule has 3 atom stereocenters. The van der Waals surface area contributed by atoms with Crippen LogP contribution in [0.2, 0.25) is 0 Å². The molecule has 0 N–H and O–H groups in total. The lowest BCUT2D eigenvalue weighted by Crippen LogP contribution is -2.30. The third kappa shape index (κ3) is 6.83. The molecule has 0 amide bonds. The number of rotatable bonds is 13. The molecule has 0 bridgehead atoms. The van der Waals surface area contributed by atoms with Crippen molar-refractivity contribution in [2.24, 2.45) is 17.8 Å². The molecule has 1 aliphatic carbocycles. The van der Waals surface area contributed by atoms with Crippen LogP contribution in [0.1, 0.15) is 91.9 Å². The minimum atomic E-state index is -0.128. The van der Waals surface area contributed by atoms with Gasteiger partial charge < -0.3 is 0 Å². The van der Waals surface area contributed by atoms with E-state index in [9.17, 15) is 19.2 Å². The molecule has 4 nitrogen and oxygen atoms in total. The largest absolute Gasteiger partial charge is 0.300 e. The molecular formula is C36H42O4. The molecule has 0 spiro atoms. The number of Topliss-reactive ketones (excluding diaryl/α,β-unsaturated/α-hetero) is 4. The molecule has 1 aliphatic rings. The van der Waals surface area contributed by atoms with Crippen molar-refractivity contribution < 1.29 is 19.2 Å². The van der Waals surface area contributed by atoms with Crippen LogP contribution < -0.4 is 0 Å². The van der Waals surface area contributed by atoms with Gasteiger partial charge in [0.2, 0.25) is 0 Å². The first-order valence-corrected chi connectivity index (χ1v) is 14.9. The van der Waals surface area contributed by atoms with E-state index >= 15 is 0 Å². The van der Waals surface area contributed by atoms with Gasteiger partial charge in [-0.15, -0.1) is 0 Å². The first-order chi connectivity index (χ1) is 19.2. The highest BCUT2D eigenvalue weighted by Gasteiger charge is 2.33. The number of hydrogen-bond acceptors (Lipinski definition) is 4. The SMILES string of the molecule is CCCC(CC1CC(=O)c2c(ccc(CC(=O)Cc3cccc4ccccc34)c2C)C1)C(CC)C(=O)CC(C)=O. The highest BCUT2D eigenvalue weighted by molar-refractivity contribution is 6.01. The Bertz CT molecular complexity index is 1410. The minimum absolute atomic E-state index is 0.00629. The van der Waals surface area contributed by atoms with Gasteiger partial charge in [0.15, 0.2) is 5.78 Å². The average Bonchev–Trinajstić information content (AvgIpc) is 2.90. The minimum Gasteiger partial charge on any atom is -0.300 e. The van der Waals surface area contributed by atoms with E-state index in [1.165, 1.54) is 6.92 Å². The highest BCUT2D eigenvalue weighted by atomic mass is 16.1. The first kappa shape index (κ1) is 29.6. The number of ketones is 4. The van der Waals surface area contributed by atoms with Crippen molar-refractivity contribution in [1.82, 2.24) is 0 Å². The van der Waals surface area contributed by atoms with Gasteiger partial charge in [0, 0.05) is 30.7 Å². The van der Waals surface area contributed by atoms with Crippen LogP contribution in [-0.4, -0.2) is 23.1 Å². The van der Waals surface area contributed by atoms with Gasteiger partial charge in [-0.3, -0.25) is 19.2 Å². The number of carbonyl (C=O) groups is 4. The van der Waals surface area contributed by atoms with Crippen LogP contribution in [0.5, 0.6) is 0 Å². The first-order valence-electron chi connectivity index (χ1n) is 14.9. The summed E-state index contributed by atoms with van der Waals surface area (Å²) in [6.45, 7) is 7.61. The van der Waals surface area contributed by atoms with Crippen molar-refractivity contribution in [3.05, 3.63) is 82.4 Å². The van der Waals surface area contributed by atoms with Crippen molar-refractivity contribution >= 4 is 33.9 Å². The van der Waals surface area contributed by atoms with Gasteiger partial charge in [-0.2, -0.15) is 0 Å². The van der Waals surface area contributed by atoms with E-state index in [0.717, 1.165) is 70.7 Å². The van der Waals surface area contributed by atoms with Gasteiger partial charge >= 0.3 is 0 Å². The van der Waals surface area contributed by atoms with Gasteiger partial charge in [-0.25, -0.2) is 0 Å². The third-order valence-electron chi connectivity index (χ3n) is 8.72. The summed E-state index contributed by atoms with van der Waals surface area (Å²) in [5, 5.41) is 2.24.